The minimum absolute atomic E-state index is 0.125. The second-order valence-electron chi connectivity index (χ2n) is 4.72. The molecule has 1 fully saturated rings. The maximum atomic E-state index is 9.40. The first-order valence-corrected chi connectivity index (χ1v) is 6.05. The van der Waals surface area contributed by atoms with Crippen LogP contribution in [0.1, 0.15) is 29.9 Å². The Kier molecular flexibility index (Phi) is 3.97. The molecule has 0 heterocycles. The predicted molar refractivity (Wildman–Crippen MR) is 64.5 cm³/mol. The van der Waals surface area contributed by atoms with E-state index in [0.29, 0.717) is 6.61 Å². The monoisotopic (exact) mass is 220 g/mol. The highest BCUT2D eigenvalue weighted by Gasteiger charge is 2.22. The first-order valence-electron chi connectivity index (χ1n) is 6.05. The van der Waals surface area contributed by atoms with Crippen molar-refractivity contribution in [3.05, 3.63) is 35.4 Å². The summed E-state index contributed by atoms with van der Waals surface area (Å²) in [6.45, 7) is 3.74. The van der Waals surface area contributed by atoms with Crippen LogP contribution in [0.25, 0.3) is 0 Å². The van der Waals surface area contributed by atoms with E-state index < -0.39 is 0 Å². The Hall–Kier alpha value is -0.860. The van der Waals surface area contributed by atoms with Crippen LogP contribution in [0.2, 0.25) is 0 Å². The van der Waals surface area contributed by atoms with Gasteiger partial charge in [-0.25, -0.2) is 0 Å². The summed E-state index contributed by atoms with van der Waals surface area (Å²) in [5.41, 5.74) is 2.44. The second-order valence-corrected chi connectivity index (χ2v) is 4.72. The topological polar surface area (TPSA) is 29.5 Å². The van der Waals surface area contributed by atoms with Gasteiger partial charge in [-0.1, -0.05) is 24.3 Å². The van der Waals surface area contributed by atoms with Crippen LogP contribution in [0, 0.1) is 12.8 Å². The number of hydrogen-bond donors (Lipinski definition) is 1. The fraction of sp³-hybridized carbons (Fsp3) is 0.571. The molecule has 0 aromatic heterocycles. The second kappa shape index (κ2) is 5.46. The summed E-state index contributed by atoms with van der Waals surface area (Å²) in [4.78, 5) is 0. The molecular weight excluding hydrogens is 200 g/mol. The summed E-state index contributed by atoms with van der Waals surface area (Å²) in [5, 5.41) is 9.40. The van der Waals surface area contributed by atoms with Crippen molar-refractivity contribution in [2.24, 2.45) is 5.92 Å². The van der Waals surface area contributed by atoms with Crippen molar-refractivity contribution in [3.8, 4) is 0 Å². The zero-order chi connectivity index (χ0) is 11.4. The SMILES string of the molecule is Cc1ccccc1C(CO)COCC1CC1. The summed E-state index contributed by atoms with van der Waals surface area (Å²) in [5.74, 6) is 0.913. The van der Waals surface area contributed by atoms with Crippen LogP contribution in [0.3, 0.4) is 0 Å². The van der Waals surface area contributed by atoms with Gasteiger partial charge in [0.1, 0.15) is 0 Å². The maximum Gasteiger partial charge on any atom is 0.0557 e. The van der Waals surface area contributed by atoms with Crippen molar-refractivity contribution < 1.29 is 9.84 Å². The van der Waals surface area contributed by atoms with Crippen molar-refractivity contribution in [1.82, 2.24) is 0 Å². The molecule has 0 saturated heterocycles. The quantitative estimate of drug-likeness (QED) is 0.798. The van der Waals surface area contributed by atoms with Crippen molar-refractivity contribution >= 4 is 0 Å². The van der Waals surface area contributed by atoms with E-state index in [4.69, 9.17) is 4.74 Å². The Morgan fingerprint density at radius 2 is 2.12 bits per heavy atom. The van der Waals surface area contributed by atoms with E-state index >= 15 is 0 Å². The van der Waals surface area contributed by atoms with Crippen molar-refractivity contribution in [1.29, 1.82) is 0 Å². The third-order valence-corrected chi connectivity index (χ3v) is 3.22. The number of aryl methyl sites for hydroxylation is 1. The van der Waals surface area contributed by atoms with Gasteiger partial charge in [-0.05, 0) is 36.8 Å². The number of benzene rings is 1. The summed E-state index contributed by atoms with van der Waals surface area (Å²) < 4.78 is 5.66. The smallest absolute Gasteiger partial charge is 0.0557 e. The number of ether oxygens (including phenoxy) is 1. The molecule has 1 aliphatic carbocycles. The fourth-order valence-electron chi connectivity index (χ4n) is 1.95. The normalized spacial score (nSPS) is 17.4. The van der Waals surface area contributed by atoms with Crippen LogP contribution in [0.5, 0.6) is 0 Å². The maximum absolute atomic E-state index is 9.40. The Labute approximate surface area is 97.3 Å². The summed E-state index contributed by atoms with van der Waals surface area (Å²) >= 11 is 0. The molecule has 16 heavy (non-hydrogen) atoms. The van der Waals surface area contributed by atoms with Crippen LogP contribution < -0.4 is 0 Å². The lowest BCUT2D eigenvalue weighted by atomic mass is 9.96. The zero-order valence-electron chi connectivity index (χ0n) is 9.86. The number of hydrogen-bond acceptors (Lipinski definition) is 2. The van der Waals surface area contributed by atoms with E-state index in [1.807, 2.05) is 12.1 Å². The molecule has 1 N–H and O–H groups in total. The minimum Gasteiger partial charge on any atom is -0.396 e. The van der Waals surface area contributed by atoms with Gasteiger partial charge >= 0.3 is 0 Å². The Morgan fingerprint density at radius 1 is 1.38 bits per heavy atom. The molecule has 0 spiro atoms. The molecular formula is C14H20O2. The van der Waals surface area contributed by atoms with Gasteiger partial charge in [-0.2, -0.15) is 0 Å². The summed E-state index contributed by atoms with van der Waals surface area (Å²) in [6.07, 6.45) is 2.63. The van der Waals surface area contributed by atoms with Crippen LogP contribution in [-0.4, -0.2) is 24.9 Å². The van der Waals surface area contributed by atoms with E-state index in [1.54, 1.807) is 0 Å². The van der Waals surface area contributed by atoms with Gasteiger partial charge in [-0.3, -0.25) is 0 Å². The van der Waals surface area contributed by atoms with Gasteiger partial charge < -0.3 is 9.84 Å². The fourth-order valence-corrected chi connectivity index (χ4v) is 1.95. The molecule has 2 nitrogen and oxygen atoms in total. The van der Waals surface area contributed by atoms with Crippen LogP contribution in [0.4, 0.5) is 0 Å². The molecule has 0 aliphatic heterocycles. The molecule has 1 saturated carbocycles. The standard InChI is InChI=1S/C14H20O2/c1-11-4-2-3-5-14(11)13(8-15)10-16-9-12-6-7-12/h2-5,12-13,15H,6-10H2,1H3. The molecule has 1 unspecified atom stereocenters. The highest BCUT2D eigenvalue weighted by molar-refractivity contribution is 5.29. The van der Waals surface area contributed by atoms with Crippen LogP contribution >= 0.6 is 0 Å². The Morgan fingerprint density at radius 3 is 2.75 bits per heavy atom. The number of rotatable bonds is 6. The third kappa shape index (κ3) is 3.06. The van der Waals surface area contributed by atoms with Crippen molar-refractivity contribution in [2.45, 2.75) is 25.7 Å². The lowest BCUT2D eigenvalue weighted by Gasteiger charge is -2.17. The van der Waals surface area contributed by atoms with Gasteiger partial charge in [0.15, 0.2) is 0 Å². The molecule has 2 heteroatoms. The Bertz CT molecular complexity index is 331. The molecule has 0 bridgehead atoms. The van der Waals surface area contributed by atoms with Gasteiger partial charge in [-0.15, -0.1) is 0 Å². The lowest BCUT2D eigenvalue weighted by molar-refractivity contribution is 0.0919. The van der Waals surface area contributed by atoms with Crippen molar-refractivity contribution in [2.75, 3.05) is 19.8 Å². The van der Waals surface area contributed by atoms with Crippen LogP contribution in [-0.2, 0) is 4.74 Å². The van der Waals surface area contributed by atoms with E-state index in [-0.39, 0.29) is 12.5 Å². The van der Waals surface area contributed by atoms with Gasteiger partial charge in [0.25, 0.3) is 0 Å². The molecule has 88 valence electrons. The average Bonchev–Trinajstić information content (AvgIpc) is 3.10. The lowest BCUT2D eigenvalue weighted by Crippen LogP contribution is -2.14. The average molecular weight is 220 g/mol. The molecule has 0 amide bonds. The third-order valence-electron chi connectivity index (χ3n) is 3.22. The van der Waals surface area contributed by atoms with E-state index in [2.05, 4.69) is 19.1 Å². The number of aliphatic hydroxyl groups excluding tert-OH is 1. The molecule has 1 atom stereocenters. The molecule has 2 rings (SSSR count). The first-order chi connectivity index (χ1) is 7.81. The van der Waals surface area contributed by atoms with Crippen molar-refractivity contribution in [3.63, 3.8) is 0 Å². The van der Waals surface area contributed by atoms with E-state index in [1.165, 1.54) is 24.0 Å². The minimum atomic E-state index is 0.125. The van der Waals surface area contributed by atoms with Gasteiger partial charge in [0.05, 0.1) is 13.2 Å². The van der Waals surface area contributed by atoms with Crippen LogP contribution in [0.15, 0.2) is 24.3 Å². The largest absolute Gasteiger partial charge is 0.396 e. The highest BCUT2D eigenvalue weighted by atomic mass is 16.5. The van der Waals surface area contributed by atoms with E-state index in [9.17, 15) is 5.11 Å². The number of aliphatic hydroxyl groups is 1. The summed E-state index contributed by atoms with van der Waals surface area (Å²) in [7, 11) is 0. The molecule has 1 aliphatic rings. The molecule has 0 radical (unpaired) electrons. The Balaban J connectivity index is 1.90. The van der Waals surface area contributed by atoms with E-state index in [0.717, 1.165) is 12.5 Å². The van der Waals surface area contributed by atoms with Gasteiger partial charge in [0, 0.05) is 12.5 Å². The molecule has 1 aromatic rings. The zero-order valence-corrected chi connectivity index (χ0v) is 9.86. The summed E-state index contributed by atoms with van der Waals surface area (Å²) in [6, 6.07) is 8.21. The predicted octanol–water partition coefficient (Wildman–Crippen LogP) is 2.50. The molecule has 1 aromatic carbocycles. The van der Waals surface area contributed by atoms with Gasteiger partial charge in [0.2, 0.25) is 0 Å². The first kappa shape index (κ1) is 11.6. The highest BCUT2D eigenvalue weighted by Crippen LogP contribution is 2.29.